The van der Waals surface area contributed by atoms with Gasteiger partial charge in [0.15, 0.2) is 0 Å². The lowest BCUT2D eigenvalue weighted by atomic mass is 9.92. The van der Waals surface area contributed by atoms with E-state index in [9.17, 15) is 13.9 Å². The summed E-state index contributed by atoms with van der Waals surface area (Å²) >= 11 is 0. The van der Waals surface area contributed by atoms with Crippen LogP contribution in [0.4, 0.5) is 8.78 Å². The Morgan fingerprint density at radius 1 is 0.882 bits per heavy atom. The maximum Gasteiger partial charge on any atom is 0.149 e. The topological polar surface area (TPSA) is 29.5 Å². The molecule has 0 heterocycles. The fourth-order valence-electron chi connectivity index (χ4n) is 4.57. The smallest absolute Gasteiger partial charge is 0.149 e. The fourth-order valence-corrected chi connectivity index (χ4v) is 4.57. The van der Waals surface area contributed by atoms with Gasteiger partial charge in [-0.2, -0.15) is 0 Å². The first-order chi connectivity index (χ1) is 16.3. The molecular weight excluding hydrogens is 430 g/mol. The highest BCUT2D eigenvalue weighted by Gasteiger charge is 2.14. The zero-order valence-electron chi connectivity index (χ0n) is 19.9. The van der Waals surface area contributed by atoms with Crippen molar-refractivity contribution in [3.8, 4) is 23.3 Å². The number of phenolic OH excluding ortho intramolecular Hbond substituents is 1. The van der Waals surface area contributed by atoms with Gasteiger partial charge in [0, 0.05) is 5.39 Å². The van der Waals surface area contributed by atoms with Crippen molar-refractivity contribution in [2.75, 3.05) is 6.61 Å². The molecular formula is C30H28F2O2. The molecule has 0 unspecified atom stereocenters. The Kier molecular flexibility index (Phi) is 6.75. The van der Waals surface area contributed by atoms with Crippen LogP contribution >= 0.6 is 0 Å². The second-order valence-electron chi connectivity index (χ2n) is 8.71. The van der Waals surface area contributed by atoms with Crippen molar-refractivity contribution in [1.29, 1.82) is 0 Å². The summed E-state index contributed by atoms with van der Waals surface area (Å²) in [5.41, 5.74) is 2.90. The quantitative estimate of drug-likeness (QED) is 0.311. The van der Waals surface area contributed by atoms with Gasteiger partial charge in [0.25, 0.3) is 0 Å². The minimum atomic E-state index is -0.402. The van der Waals surface area contributed by atoms with Crippen LogP contribution in [0.3, 0.4) is 0 Å². The summed E-state index contributed by atoms with van der Waals surface area (Å²) in [6.45, 7) is 8.08. The average Bonchev–Trinajstić information content (AvgIpc) is 2.82. The predicted molar refractivity (Wildman–Crippen MR) is 135 cm³/mol. The van der Waals surface area contributed by atoms with E-state index >= 15 is 0 Å². The van der Waals surface area contributed by atoms with E-state index in [2.05, 4.69) is 11.8 Å². The van der Waals surface area contributed by atoms with Crippen molar-refractivity contribution in [2.45, 2.75) is 46.5 Å². The normalized spacial score (nSPS) is 11.1. The first kappa shape index (κ1) is 23.6. The second kappa shape index (κ2) is 9.73. The summed E-state index contributed by atoms with van der Waals surface area (Å²) < 4.78 is 35.0. The molecule has 2 nitrogen and oxygen atoms in total. The molecule has 34 heavy (non-hydrogen) atoms. The van der Waals surface area contributed by atoms with Gasteiger partial charge in [-0.05, 0) is 88.0 Å². The zero-order chi connectivity index (χ0) is 24.4. The van der Waals surface area contributed by atoms with Crippen molar-refractivity contribution in [3.63, 3.8) is 0 Å². The number of ether oxygens (including phenoxy) is 1. The molecule has 0 saturated carbocycles. The second-order valence-corrected chi connectivity index (χ2v) is 8.71. The summed E-state index contributed by atoms with van der Waals surface area (Å²) in [5, 5.41) is 13.4. The molecule has 4 rings (SSSR count). The van der Waals surface area contributed by atoms with Gasteiger partial charge in [-0.3, -0.25) is 0 Å². The SMILES string of the molecule is CCc1cc(OCC#Cc2c(F)ccc3cc(O)cc(C(C)C)c23)cc2ccc(F)c(CC)c12. The van der Waals surface area contributed by atoms with Crippen molar-refractivity contribution < 1.29 is 18.6 Å². The van der Waals surface area contributed by atoms with Gasteiger partial charge in [-0.1, -0.05) is 51.7 Å². The number of aryl methyl sites for hydroxylation is 2. The van der Waals surface area contributed by atoms with Crippen molar-refractivity contribution in [2.24, 2.45) is 0 Å². The molecule has 4 heteroatoms. The Morgan fingerprint density at radius 2 is 1.59 bits per heavy atom. The Labute approximate surface area is 199 Å². The van der Waals surface area contributed by atoms with Crippen LogP contribution in [0.15, 0.2) is 48.5 Å². The average molecular weight is 459 g/mol. The number of phenols is 1. The monoisotopic (exact) mass is 458 g/mol. The van der Waals surface area contributed by atoms with Crippen LogP contribution in [0.25, 0.3) is 21.5 Å². The Balaban J connectivity index is 1.67. The van der Waals surface area contributed by atoms with Crippen LogP contribution in [0.1, 0.15) is 55.9 Å². The molecule has 0 atom stereocenters. The van der Waals surface area contributed by atoms with E-state index in [-0.39, 0.29) is 24.1 Å². The van der Waals surface area contributed by atoms with E-state index in [0.29, 0.717) is 23.1 Å². The molecule has 0 amide bonds. The molecule has 0 aliphatic carbocycles. The van der Waals surface area contributed by atoms with Crippen LogP contribution in [0.5, 0.6) is 11.5 Å². The van der Waals surface area contributed by atoms with Crippen LogP contribution in [-0.4, -0.2) is 11.7 Å². The minimum absolute atomic E-state index is 0.0847. The molecule has 0 spiro atoms. The van der Waals surface area contributed by atoms with Gasteiger partial charge in [-0.15, -0.1) is 0 Å². The molecule has 0 aliphatic heterocycles. The first-order valence-electron chi connectivity index (χ1n) is 11.6. The van der Waals surface area contributed by atoms with E-state index in [1.165, 1.54) is 12.1 Å². The molecule has 0 bridgehead atoms. The minimum Gasteiger partial charge on any atom is -0.508 e. The summed E-state index contributed by atoms with van der Waals surface area (Å²) in [6.07, 6.45) is 1.37. The maximum absolute atomic E-state index is 14.8. The highest BCUT2D eigenvalue weighted by Crippen LogP contribution is 2.34. The van der Waals surface area contributed by atoms with Gasteiger partial charge in [0.2, 0.25) is 0 Å². The largest absolute Gasteiger partial charge is 0.508 e. The van der Waals surface area contributed by atoms with Crippen LogP contribution in [-0.2, 0) is 12.8 Å². The summed E-state index contributed by atoms with van der Waals surface area (Å²) in [6, 6.07) is 13.4. The van der Waals surface area contributed by atoms with Gasteiger partial charge >= 0.3 is 0 Å². The van der Waals surface area contributed by atoms with E-state index in [1.807, 2.05) is 39.8 Å². The lowest BCUT2D eigenvalue weighted by Gasteiger charge is -2.14. The molecule has 0 aromatic heterocycles. The maximum atomic E-state index is 14.8. The number of rotatable bonds is 5. The van der Waals surface area contributed by atoms with Crippen molar-refractivity contribution >= 4 is 21.5 Å². The number of aromatic hydroxyl groups is 1. The standard InChI is InChI=1S/C30H28F2O2/c1-5-19-15-23(16-21-10-11-27(31)24(6-2)29(19)21)34-13-7-8-25-28(32)12-9-20-14-22(33)17-26(18(3)4)30(20)25/h9-12,14-18,33H,5-6,13H2,1-4H3. The third-order valence-electron chi connectivity index (χ3n) is 6.19. The Hall–Kier alpha value is -3.58. The lowest BCUT2D eigenvalue weighted by molar-refractivity contribution is 0.370. The summed E-state index contributed by atoms with van der Waals surface area (Å²) in [4.78, 5) is 0. The summed E-state index contributed by atoms with van der Waals surface area (Å²) in [5.74, 6) is 6.21. The van der Waals surface area contributed by atoms with E-state index in [1.54, 1.807) is 24.3 Å². The molecule has 174 valence electrons. The third-order valence-corrected chi connectivity index (χ3v) is 6.19. The molecule has 0 fully saturated rings. The third kappa shape index (κ3) is 4.43. The van der Waals surface area contributed by atoms with Crippen LogP contribution < -0.4 is 4.74 Å². The van der Waals surface area contributed by atoms with Gasteiger partial charge in [-0.25, -0.2) is 8.78 Å². The molecule has 4 aromatic carbocycles. The fraction of sp³-hybridized carbons (Fsp3) is 0.267. The Bertz CT molecular complexity index is 1440. The van der Waals surface area contributed by atoms with Crippen LogP contribution in [0, 0.1) is 23.5 Å². The van der Waals surface area contributed by atoms with Crippen LogP contribution in [0.2, 0.25) is 0 Å². The van der Waals surface area contributed by atoms with E-state index in [4.69, 9.17) is 4.74 Å². The molecule has 0 saturated heterocycles. The summed E-state index contributed by atoms with van der Waals surface area (Å²) in [7, 11) is 0. The Morgan fingerprint density at radius 3 is 2.26 bits per heavy atom. The number of hydrogen-bond acceptors (Lipinski definition) is 2. The van der Waals surface area contributed by atoms with Gasteiger partial charge in [0.05, 0.1) is 5.56 Å². The number of fused-ring (bicyclic) bond motifs is 2. The lowest BCUT2D eigenvalue weighted by Crippen LogP contribution is -1.99. The van der Waals surface area contributed by atoms with Gasteiger partial charge in [0.1, 0.15) is 29.7 Å². The molecule has 0 radical (unpaired) electrons. The zero-order valence-corrected chi connectivity index (χ0v) is 19.9. The molecule has 0 aliphatic rings. The van der Waals surface area contributed by atoms with E-state index in [0.717, 1.165) is 39.3 Å². The number of halogens is 2. The predicted octanol–water partition coefficient (Wildman–Crippen LogP) is 7.66. The number of hydrogen-bond donors (Lipinski definition) is 1. The van der Waals surface area contributed by atoms with Crippen molar-refractivity contribution in [1.82, 2.24) is 0 Å². The first-order valence-corrected chi connectivity index (χ1v) is 11.6. The molecule has 4 aromatic rings. The number of benzene rings is 4. The highest BCUT2D eigenvalue weighted by atomic mass is 19.1. The highest BCUT2D eigenvalue weighted by molar-refractivity contribution is 5.93. The molecule has 1 N–H and O–H groups in total. The van der Waals surface area contributed by atoms with E-state index < -0.39 is 5.82 Å². The van der Waals surface area contributed by atoms with Crippen molar-refractivity contribution in [3.05, 3.63) is 82.4 Å². The van der Waals surface area contributed by atoms with Gasteiger partial charge < -0.3 is 9.84 Å².